The van der Waals surface area contributed by atoms with Crippen molar-refractivity contribution in [2.75, 3.05) is 26.6 Å². The molecule has 3 rings (SSSR count). The number of rotatable bonds is 6. The lowest BCUT2D eigenvalue weighted by molar-refractivity contribution is -0.113. The maximum Gasteiger partial charge on any atom is 0.319 e. The number of benzene rings is 2. The third-order valence-electron chi connectivity index (χ3n) is 4.98. The zero-order chi connectivity index (χ0) is 22.7. The van der Waals surface area contributed by atoms with Crippen LogP contribution < -0.4 is 30.2 Å². The number of carbonyl (C=O) groups excluding carboxylic acids is 2. The molecule has 2 aromatic rings. The number of methoxy groups -OCH3 is 3. The maximum absolute atomic E-state index is 13.3. The average Bonchev–Trinajstić information content (AvgIpc) is 2.74. The number of nitrogens with one attached hydrogen (secondary N) is 3. The molecular formula is C22H24ClN3O5. The fourth-order valence-corrected chi connectivity index (χ4v) is 3.60. The first kappa shape index (κ1) is 22.3. The molecule has 0 aromatic heterocycles. The summed E-state index contributed by atoms with van der Waals surface area (Å²) in [6.07, 6.45) is 0. The van der Waals surface area contributed by atoms with E-state index in [1.165, 1.54) is 21.3 Å². The van der Waals surface area contributed by atoms with Crippen molar-refractivity contribution in [3.8, 4) is 17.2 Å². The summed E-state index contributed by atoms with van der Waals surface area (Å²) >= 11 is 6.08. The molecule has 0 fully saturated rings. The summed E-state index contributed by atoms with van der Waals surface area (Å²) in [5.41, 5.74) is 2.80. The minimum absolute atomic E-state index is 0.341. The van der Waals surface area contributed by atoms with Gasteiger partial charge in [-0.3, -0.25) is 4.79 Å². The molecule has 1 atom stereocenters. The number of urea groups is 1. The molecule has 1 heterocycles. The van der Waals surface area contributed by atoms with Gasteiger partial charge in [0, 0.05) is 16.4 Å². The van der Waals surface area contributed by atoms with Crippen LogP contribution in [0.5, 0.6) is 17.2 Å². The van der Waals surface area contributed by atoms with Gasteiger partial charge in [-0.05, 0) is 49.2 Å². The highest BCUT2D eigenvalue weighted by molar-refractivity contribution is 6.31. The van der Waals surface area contributed by atoms with E-state index in [2.05, 4.69) is 16.0 Å². The van der Waals surface area contributed by atoms with E-state index in [1.54, 1.807) is 31.2 Å². The van der Waals surface area contributed by atoms with E-state index in [4.69, 9.17) is 25.8 Å². The topological polar surface area (TPSA) is 97.9 Å². The molecule has 1 aliphatic heterocycles. The first-order valence-electron chi connectivity index (χ1n) is 9.44. The fourth-order valence-electron chi connectivity index (χ4n) is 3.43. The van der Waals surface area contributed by atoms with E-state index in [0.717, 1.165) is 5.56 Å². The molecule has 164 valence electrons. The van der Waals surface area contributed by atoms with Gasteiger partial charge in [-0.25, -0.2) is 4.79 Å². The Bertz CT molecular complexity index is 1040. The van der Waals surface area contributed by atoms with Crippen LogP contribution in [0.3, 0.4) is 0 Å². The van der Waals surface area contributed by atoms with Crippen molar-refractivity contribution in [1.82, 2.24) is 10.6 Å². The normalized spacial score (nSPS) is 15.7. The molecule has 0 radical (unpaired) electrons. The van der Waals surface area contributed by atoms with Crippen LogP contribution in [0.2, 0.25) is 5.02 Å². The van der Waals surface area contributed by atoms with Crippen LogP contribution in [0.25, 0.3) is 0 Å². The molecule has 0 saturated heterocycles. The molecule has 3 N–H and O–H groups in total. The van der Waals surface area contributed by atoms with Crippen LogP contribution in [-0.4, -0.2) is 33.3 Å². The zero-order valence-corrected chi connectivity index (χ0v) is 18.6. The van der Waals surface area contributed by atoms with Gasteiger partial charge >= 0.3 is 6.03 Å². The lowest BCUT2D eigenvalue weighted by Crippen LogP contribution is -2.46. The fraction of sp³-hybridized carbons (Fsp3) is 0.273. The van der Waals surface area contributed by atoms with Crippen molar-refractivity contribution in [3.05, 3.63) is 57.8 Å². The molecule has 1 unspecified atom stereocenters. The van der Waals surface area contributed by atoms with Gasteiger partial charge in [-0.1, -0.05) is 17.7 Å². The first-order chi connectivity index (χ1) is 14.8. The van der Waals surface area contributed by atoms with Crippen LogP contribution in [0, 0.1) is 6.92 Å². The standard InChI is InChI=1S/C22H24ClN3O5/c1-11-6-7-14(23)10-15(11)25-21(27)18-12(2)24-22(28)26-19(18)13-8-16(29-3)20(31-5)17(9-13)30-4/h6-10,19H,1-5H3,(H,25,27)(H2,24,26,28). The second-order valence-electron chi connectivity index (χ2n) is 6.94. The summed E-state index contributed by atoms with van der Waals surface area (Å²) in [4.78, 5) is 25.5. The Kier molecular flexibility index (Phi) is 6.60. The van der Waals surface area contributed by atoms with E-state index >= 15 is 0 Å². The Hall–Kier alpha value is -3.39. The predicted molar refractivity (Wildman–Crippen MR) is 118 cm³/mol. The molecule has 0 aliphatic carbocycles. The molecule has 8 nitrogen and oxygen atoms in total. The number of anilines is 1. The van der Waals surface area contributed by atoms with Gasteiger partial charge < -0.3 is 30.2 Å². The SMILES string of the molecule is COc1cc(C2NC(=O)NC(C)=C2C(=O)Nc2cc(Cl)ccc2C)cc(OC)c1OC. The molecule has 9 heteroatoms. The van der Waals surface area contributed by atoms with Crippen molar-refractivity contribution >= 4 is 29.2 Å². The maximum atomic E-state index is 13.3. The minimum Gasteiger partial charge on any atom is -0.493 e. The van der Waals surface area contributed by atoms with Crippen LogP contribution in [0.15, 0.2) is 41.6 Å². The Morgan fingerprint density at radius 3 is 2.26 bits per heavy atom. The van der Waals surface area contributed by atoms with E-state index in [0.29, 0.717) is 44.8 Å². The highest BCUT2D eigenvalue weighted by atomic mass is 35.5. The van der Waals surface area contributed by atoms with Crippen molar-refractivity contribution < 1.29 is 23.8 Å². The molecule has 0 spiro atoms. The number of aryl methyl sites for hydroxylation is 1. The van der Waals surface area contributed by atoms with Crippen LogP contribution in [0.4, 0.5) is 10.5 Å². The molecule has 31 heavy (non-hydrogen) atoms. The zero-order valence-electron chi connectivity index (χ0n) is 17.9. The second kappa shape index (κ2) is 9.18. The number of carbonyl (C=O) groups is 2. The van der Waals surface area contributed by atoms with Gasteiger partial charge in [-0.15, -0.1) is 0 Å². The van der Waals surface area contributed by atoms with Gasteiger partial charge in [0.1, 0.15) is 0 Å². The molecular weight excluding hydrogens is 422 g/mol. The van der Waals surface area contributed by atoms with E-state index in [1.807, 2.05) is 13.0 Å². The largest absolute Gasteiger partial charge is 0.493 e. The lowest BCUT2D eigenvalue weighted by Gasteiger charge is -2.29. The monoisotopic (exact) mass is 445 g/mol. The third kappa shape index (κ3) is 4.54. The lowest BCUT2D eigenvalue weighted by atomic mass is 9.94. The summed E-state index contributed by atoms with van der Waals surface area (Å²) < 4.78 is 16.2. The number of halogens is 1. The summed E-state index contributed by atoms with van der Waals surface area (Å²) in [6.45, 7) is 3.54. The first-order valence-corrected chi connectivity index (χ1v) is 9.82. The number of amides is 3. The molecule has 0 saturated carbocycles. The third-order valence-corrected chi connectivity index (χ3v) is 5.22. The Morgan fingerprint density at radius 2 is 1.68 bits per heavy atom. The molecule has 3 amide bonds. The van der Waals surface area contributed by atoms with Crippen molar-refractivity contribution in [2.24, 2.45) is 0 Å². The molecule has 1 aliphatic rings. The van der Waals surface area contributed by atoms with Gasteiger partial charge in [-0.2, -0.15) is 0 Å². The van der Waals surface area contributed by atoms with E-state index in [9.17, 15) is 9.59 Å². The Morgan fingerprint density at radius 1 is 1.03 bits per heavy atom. The average molecular weight is 446 g/mol. The Balaban J connectivity index is 2.06. The highest BCUT2D eigenvalue weighted by Gasteiger charge is 2.33. The Labute approximate surface area is 185 Å². The van der Waals surface area contributed by atoms with Crippen molar-refractivity contribution in [3.63, 3.8) is 0 Å². The summed E-state index contributed by atoms with van der Waals surface area (Å²) in [5, 5.41) is 8.84. The number of hydrogen-bond donors (Lipinski definition) is 3. The van der Waals surface area contributed by atoms with E-state index < -0.39 is 12.1 Å². The van der Waals surface area contributed by atoms with Gasteiger partial charge in [0.05, 0.1) is 32.9 Å². The van der Waals surface area contributed by atoms with Gasteiger partial charge in [0.25, 0.3) is 5.91 Å². The van der Waals surface area contributed by atoms with Crippen LogP contribution in [-0.2, 0) is 4.79 Å². The smallest absolute Gasteiger partial charge is 0.319 e. The van der Waals surface area contributed by atoms with Crippen molar-refractivity contribution in [1.29, 1.82) is 0 Å². The van der Waals surface area contributed by atoms with Crippen LogP contribution in [0.1, 0.15) is 24.1 Å². The predicted octanol–water partition coefficient (Wildman–Crippen LogP) is 3.94. The highest BCUT2D eigenvalue weighted by Crippen LogP contribution is 2.41. The molecule has 0 bridgehead atoms. The molecule has 2 aromatic carbocycles. The van der Waals surface area contributed by atoms with E-state index in [-0.39, 0.29) is 5.91 Å². The number of allylic oxidation sites excluding steroid dienone is 1. The van der Waals surface area contributed by atoms with Gasteiger partial charge in [0.2, 0.25) is 5.75 Å². The number of ether oxygens (including phenoxy) is 3. The quantitative estimate of drug-likeness (QED) is 0.625. The van der Waals surface area contributed by atoms with Gasteiger partial charge in [0.15, 0.2) is 11.5 Å². The second-order valence-corrected chi connectivity index (χ2v) is 7.38. The number of hydrogen-bond acceptors (Lipinski definition) is 5. The van der Waals surface area contributed by atoms with Crippen LogP contribution >= 0.6 is 11.6 Å². The summed E-state index contributed by atoms with van der Waals surface area (Å²) in [6, 6.07) is 7.46. The van der Waals surface area contributed by atoms with Crippen molar-refractivity contribution in [2.45, 2.75) is 19.9 Å². The minimum atomic E-state index is -0.748. The summed E-state index contributed by atoms with van der Waals surface area (Å²) in [7, 11) is 4.50. The summed E-state index contributed by atoms with van der Waals surface area (Å²) in [5.74, 6) is 0.852.